The standard InChI is InChI=1S/C33H34F9N5O4/c1-4-23-15-27(25-14-20(31(34,35)36)8-9-26(25)47(23)30(50)51-10-6-5-7-28(48)49)46(29-43-16-24(17-44-29)45(2)3)18-19-11-21(32(37,38)39)13-22(12-19)33(40,41)42/h8-9,11-14,16-17,23,27H,4-7,10,15,18H2,1-3H3,(H,48,49)/t23-,27+/m1/s1. The van der Waals surface area contributed by atoms with Crippen molar-refractivity contribution in [2.24, 2.45) is 0 Å². The Morgan fingerprint density at radius 2 is 1.47 bits per heavy atom. The number of benzene rings is 2. The van der Waals surface area contributed by atoms with Gasteiger partial charge in [0.15, 0.2) is 0 Å². The summed E-state index contributed by atoms with van der Waals surface area (Å²) in [7, 11) is 3.33. The average Bonchev–Trinajstić information content (AvgIpc) is 3.04. The van der Waals surface area contributed by atoms with Crippen LogP contribution in [0.4, 0.5) is 61.6 Å². The summed E-state index contributed by atoms with van der Waals surface area (Å²) in [5.74, 6) is -1.25. The molecule has 0 spiro atoms. The summed E-state index contributed by atoms with van der Waals surface area (Å²) >= 11 is 0. The minimum atomic E-state index is -5.16. The van der Waals surface area contributed by atoms with E-state index in [0.717, 1.165) is 23.1 Å². The number of hydrogen-bond acceptors (Lipinski definition) is 7. The van der Waals surface area contributed by atoms with Gasteiger partial charge in [-0.1, -0.05) is 6.92 Å². The number of hydrogen-bond donors (Lipinski definition) is 1. The molecule has 1 amide bonds. The third-order valence-electron chi connectivity index (χ3n) is 8.29. The molecule has 0 unspecified atom stereocenters. The van der Waals surface area contributed by atoms with E-state index in [1.165, 1.54) is 17.3 Å². The first-order valence-corrected chi connectivity index (χ1v) is 15.6. The second-order valence-corrected chi connectivity index (χ2v) is 12.1. The number of aromatic nitrogens is 2. The van der Waals surface area contributed by atoms with Crippen molar-refractivity contribution in [3.63, 3.8) is 0 Å². The van der Waals surface area contributed by atoms with Crippen LogP contribution in [-0.4, -0.2) is 53.9 Å². The van der Waals surface area contributed by atoms with Crippen LogP contribution in [0, 0.1) is 0 Å². The predicted molar refractivity (Wildman–Crippen MR) is 167 cm³/mol. The highest BCUT2D eigenvalue weighted by atomic mass is 19.4. The van der Waals surface area contributed by atoms with E-state index in [2.05, 4.69) is 9.97 Å². The number of nitrogens with zero attached hydrogens (tertiary/aromatic N) is 5. The summed E-state index contributed by atoms with van der Waals surface area (Å²) in [6, 6.07) is 1.63. The van der Waals surface area contributed by atoms with Gasteiger partial charge in [-0.2, -0.15) is 39.5 Å². The molecule has 0 saturated carbocycles. The number of amides is 1. The SMILES string of the molecule is CC[C@@H]1C[C@H](N(Cc2cc(C(F)(F)F)cc(C(F)(F)F)c2)c2ncc(N(C)C)cn2)c2cc(C(F)(F)F)ccc2N1C(=O)OCCCCC(=O)O. The van der Waals surface area contributed by atoms with Crippen LogP contribution >= 0.6 is 0 Å². The van der Waals surface area contributed by atoms with E-state index in [1.54, 1.807) is 25.9 Å². The van der Waals surface area contributed by atoms with Crippen molar-refractivity contribution in [2.45, 2.75) is 76.2 Å². The summed E-state index contributed by atoms with van der Waals surface area (Å²) < 4.78 is 130. The molecule has 4 rings (SSSR count). The number of unbranched alkanes of at least 4 members (excludes halogenated alkanes) is 1. The highest BCUT2D eigenvalue weighted by molar-refractivity contribution is 5.90. The lowest BCUT2D eigenvalue weighted by atomic mass is 9.87. The number of rotatable bonds is 11. The van der Waals surface area contributed by atoms with Gasteiger partial charge in [-0.25, -0.2) is 14.8 Å². The number of halogens is 9. The second-order valence-electron chi connectivity index (χ2n) is 12.1. The van der Waals surface area contributed by atoms with Crippen LogP contribution in [-0.2, 0) is 34.6 Å². The molecule has 18 heteroatoms. The molecular formula is C33H34F9N5O4. The van der Waals surface area contributed by atoms with Gasteiger partial charge in [-0.15, -0.1) is 0 Å². The van der Waals surface area contributed by atoms with Gasteiger partial charge in [0.2, 0.25) is 5.95 Å². The highest BCUT2D eigenvalue weighted by Crippen LogP contribution is 2.46. The molecule has 9 nitrogen and oxygen atoms in total. The molecule has 1 aliphatic rings. The van der Waals surface area contributed by atoms with Crippen molar-refractivity contribution >= 4 is 29.4 Å². The average molecular weight is 736 g/mol. The first kappa shape index (κ1) is 39.0. The van der Waals surface area contributed by atoms with E-state index in [9.17, 15) is 49.1 Å². The quantitative estimate of drug-likeness (QED) is 0.154. The van der Waals surface area contributed by atoms with Crippen molar-refractivity contribution in [1.29, 1.82) is 0 Å². The van der Waals surface area contributed by atoms with Crippen molar-refractivity contribution in [1.82, 2.24) is 9.97 Å². The molecule has 0 saturated heterocycles. The third-order valence-corrected chi connectivity index (χ3v) is 8.29. The summed E-state index contributed by atoms with van der Waals surface area (Å²) in [6.07, 6.45) is -13.2. The highest BCUT2D eigenvalue weighted by Gasteiger charge is 2.42. The van der Waals surface area contributed by atoms with Gasteiger partial charge >= 0.3 is 30.6 Å². The Morgan fingerprint density at radius 3 is 1.98 bits per heavy atom. The van der Waals surface area contributed by atoms with Crippen molar-refractivity contribution in [3.8, 4) is 0 Å². The summed E-state index contributed by atoms with van der Waals surface area (Å²) in [4.78, 5) is 36.8. The maximum atomic E-state index is 14.1. The van der Waals surface area contributed by atoms with Gasteiger partial charge in [0.1, 0.15) is 0 Å². The Kier molecular flexibility index (Phi) is 11.7. The van der Waals surface area contributed by atoms with Crippen LogP contribution in [0.2, 0.25) is 0 Å². The number of carboxylic acids is 1. The van der Waals surface area contributed by atoms with Crippen LogP contribution in [0.5, 0.6) is 0 Å². The number of fused-ring (bicyclic) bond motifs is 1. The zero-order valence-electron chi connectivity index (χ0n) is 27.5. The maximum absolute atomic E-state index is 14.1. The number of anilines is 3. The molecule has 2 aromatic carbocycles. The van der Waals surface area contributed by atoms with Gasteiger partial charge in [-0.3, -0.25) is 9.69 Å². The van der Waals surface area contributed by atoms with Crippen LogP contribution in [0.1, 0.15) is 72.9 Å². The number of ether oxygens (including phenoxy) is 1. The molecule has 2 heterocycles. The van der Waals surface area contributed by atoms with Gasteiger partial charge in [0.05, 0.1) is 53.1 Å². The molecular weight excluding hydrogens is 701 g/mol. The molecule has 1 aliphatic heterocycles. The van der Waals surface area contributed by atoms with Crippen LogP contribution in [0.25, 0.3) is 0 Å². The zero-order chi connectivity index (χ0) is 37.9. The van der Waals surface area contributed by atoms with Gasteiger partial charge in [0.25, 0.3) is 0 Å². The molecule has 0 aliphatic carbocycles. The van der Waals surface area contributed by atoms with Gasteiger partial charge in [0, 0.05) is 33.1 Å². The van der Waals surface area contributed by atoms with Crippen LogP contribution in [0.15, 0.2) is 48.8 Å². The van der Waals surface area contributed by atoms with Crippen LogP contribution in [0.3, 0.4) is 0 Å². The lowest BCUT2D eigenvalue weighted by Crippen LogP contribution is -2.48. The van der Waals surface area contributed by atoms with E-state index in [4.69, 9.17) is 9.84 Å². The Balaban J connectivity index is 1.88. The lowest BCUT2D eigenvalue weighted by molar-refractivity contribution is -0.143. The number of carbonyl (C=O) groups is 2. The molecule has 0 bridgehead atoms. The number of carbonyl (C=O) groups excluding carboxylic acids is 1. The minimum Gasteiger partial charge on any atom is -0.481 e. The molecule has 278 valence electrons. The number of carboxylic acid groups (broad SMARTS) is 1. The third kappa shape index (κ3) is 9.52. The first-order valence-electron chi connectivity index (χ1n) is 15.6. The fraction of sp³-hybridized carbons (Fsp3) is 0.455. The van der Waals surface area contributed by atoms with Crippen molar-refractivity contribution in [3.05, 3.63) is 76.6 Å². The Labute approximate surface area is 286 Å². The summed E-state index contributed by atoms with van der Waals surface area (Å²) in [5.41, 5.74) is -4.43. The Bertz CT molecular complexity index is 1660. The maximum Gasteiger partial charge on any atom is 0.416 e. The molecule has 0 fully saturated rings. The normalized spacial score (nSPS) is 16.4. The second kappa shape index (κ2) is 15.2. The Hall–Kier alpha value is -4.77. The van der Waals surface area contributed by atoms with E-state index in [1.807, 2.05) is 0 Å². The monoisotopic (exact) mass is 735 g/mol. The molecule has 1 N–H and O–H groups in total. The molecule has 3 aromatic rings. The van der Waals surface area contributed by atoms with Gasteiger partial charge in [-0.05, 0) is 73.2 Å². The summed E-state index contributed by atoms with van der Waals surface area (Å²) in [5, 5.41) is 8.85. The molecule has 1 aromatic heterocycles. The van der Waals surface area contributed by atoms with E-state index in [-0.39, 0.29) is 62.0 Å². The summed E-state index contributed by atoms with van der Waals surface area (Å²) in [6.45, 7) is 0.798. The van der Waals surface area contributed by atoms with E-state index < -0.39 is 71.5 Å². The lowest BCUT2D eigenvalue weighted by Gasteiger charge is -2.44. The van der Waals surface area contributed by atoms with Crippen molar-refractivity contribution < 1.29 is 58.9 Å². The molecule has 2 atom stereocenters. The predicted octanol–water partition coefficient (Wildman–Crippen LogP) is 8.73. The topological polar surface area (TPSA) is 99.1 Å². The number of alkyl halides is 9. The fourth-order valence-electron chi connectivity index (χ4n) is 5.72. The van der Waals surface area contributed by atoms with Crippen molar-refractivity contribution in [2.75, 3.05) is 35.4 Å². The Morgan fingerprint density at radius 1 is 0.882 bits per heavy atom. The zero-order valence-corrected chi connectivity index (χ0v) is 27.5. The number of aliphatic carboxylic acids is 1. The molecule has 51 heavy (non-hydrogen) atoms. The largest absolute Gasteiger partial charge is 0.481 e. The van der Waals surface area contributed by atoms with Crippen LogP contribution < -0.4 is 14.7 Å². The van der Waals surface area contributed by atoms with Gasteiger partial charge < -0.3 is 19.6 Å². The fourth-order valence-corrected chi connectivity index (χ4v) is 5.72. The minimum absolute atomic E-state index is 0.0278. The smallest absolute Gasteiger partial charge is 0.416 e. The van der Waals surface area contributed by atoms with E-state index >= 15 is 0 Å². The molecule has 0 radical (unpaired) electrons. The first-order chi connectivity index (χ1) is 23.7. The van der Waals surface area contributed by atoms with E-state index in [0.29, 0.717) is 17.8 Å².